The second kappa shape index (κ2) is 5.55. The summed E-state index contributed by atoms with van der Waals surface area (Å²) >= 11 is 12.8. The molecular weight excluding hydrogens is 329 g/mol. The quantitative estimate of drug-likeness (QED) is 0.611. The second-order valence-corrected chi connectivity index (χ2v) is 6.51. The molecule has 1 aliphatic heterocycles. The van der Waals surface area contributed by atoms with E-state index in [-0.39, 0.29) is 11.8 Å². The zero-order chi connectivity index (χ0) is 16.0. The molecule has 3 aromatic rings. The van der Waals surface area contributed by atoms with Crippen LogP contribution in [0.1, 0.15) is 23.5 Å². The van der Waals surface area contributed by atoms with Crippen molar-refractivity contribution >= 4 is 45.6 Å². The Morgan fingerprint density at radius 2 is 1.65 bits per heavy atom. The zero-order valence-electron chi connectivity index (χ0n) is 12.1. The number of carbonyl (C=O) groups is 1. The minimum atomic E-state index is -0.135. The number of halogens is 2. The van der Waals surface area contributed by atoms with Gasteiger partial charge in [0.2, 0.25) is 5.91 Å². The van der Waals surface area contributed by atoms with Crippen LogP contribution in [0.15, 0.2) is 54.6 Å². The molecule has 1 amide bonds. The third-order valence-electron chi connectivity index (χ3n) is 4.34. The molecule has 114 valence electrons. The monoisotopic (exact) mass is 341 g/mol. The molecule has 0 unspecified atom stereocenters. The van der Waals surface area contributed by atoms with Crippen molar-refractivity contribution in [2.75, 3.05) is 5.32 Å². The van der Waals surface area contributed by atoms with Crippen molar-refractivity contribution in [2.24, 2.45) is 0 Å². The summed E-state index contributed by atoms with van der Waals surface area (Å²) in [6, 6.07) is 17.6. The van der Waals surface area contributed by atoms with Crippen molar-refractivity contribution in [1.29, 1.82) is 0 Å². The van der Waals surface area contributed by atoms with Gasteiger partial charge in [-0.15, -0.1) is 0 Å². The molecule has 0 saturated heterocycles. The number of benzene rings is 3. The van der Waals surface area contributed by atoms with Crippen LogP contribution in [-0.2, 0) is 4.79 Å². The number of hydrogen-bond donors (Lipinski definition) is 1. The first-order valence-electron chi connectivity index (χ1n) is 7.40. The summed E-state index contributed by atoms with van der Waals surface area (Å²) in [4.78, 5) is 12.3. The molecule has 1 aliphatic rings. The fraction of sp³-hybridized carbons (Fsp3) is 0.105. The molecule has 0 aliphatic carbocycles. The molecule has 4 heteroatoms. The molecule has 0 fully saturated rings. The molecule has 1 N–H and O–H groups in total. The van der Waals surface area contributed by atoms with Crippen molar-refractivity contribution in [2.45, 2.75) is 12.3 Å². The van der Waals surface area contributed by atoms with Crippen LogP contribution in [0.4, 0.5) is 5.69 Å². The average molecular weight is 342 g/mol. The number of hydrogen-bond acceptors (Lipinski definition) is 1. The lowest BCUT2D eigenvalue weighted by Crippen LogP contribution is -2.24. The van der Waals surface area contributed by atoms with Gasteiger partial charge in [-0.3, -0.25) is 4.79 Å². The van der Waals surface area contributed by atoms with Crippen molar-refractivity contribution < 1.29 is 4.79 Å². The highest BCUT2D eigenvalue weighted by atomic mass is 35.5. The lowest BCUT2D eigenvalue weighted by atomic mass is 9.83. The fourth-order valence-electron chi connectivity index (χ4n) is 3.31. The summed E-state index contributed by atoms with van der Waals surface area (Å²) in [5, 5.41) is 6.33. The van der Waals surface area contributed by atoms with Crippen LogP contribution in [0.3, 0.4) is 0 Å². The smallest absolute Gasteiger partial charge is 0.225 e. The molecule has 0 bridgehead atoms. The molecular formula is C19H13Cl2NO. The van der Waals surface area contributed by atoms with Gasteiger partial charge in [-0.2, -0.15) is 0 Å². The number of nitrogens with one attached hydrogen (secondary N) is 1. The van der Waals surface area contributed by atoms with Crippen LogP contribution in [0.2, 0.25) is 10.0 Å². The first-order valence-corrected chi connectivity index (χ1v) is 8.16. The standard InChI is InChI=1S/C19H13Cl2NO/c20-15-6-3-7-16(21)18(15)14-10-17(23)22-19-12-5-2-1-4-11(12)8-9-13(14)19/h1-9,14H,10H2,(H,22,23)/t14-/m0/s1. The third-order valence-corrected chi connectivity index (χ3v) is 5.00. The van der Waals surface area contributed by atoms with Gasteiger partial charge >= 0.3 is 0 Å². The molecule has 0 radical (unpaired) electrons. The van der Waals surface area contributed by atoms with E-state index in [9.17, 15) is 4.79 Å². The van der Waals surface area contributed by atoms with E-state index in [4.69, 9.17) is 23.2 Å². The first kappa shape index (κ1) is 14.6. The molecule has 2 nitrogen and oxygen atoms in total. The lowest BCUT2D eigenvalue weighted by Gasteiger charge is -2.28. The molecule has 0 saturated carbocycles. The zero-order valence-corrected chi connectivity index (χ0v) is 13.7. The van der Waals surface area contributed by atoms with E-state index in [0.717, 1.165) is 27.6 Å². The van der Waals surface area contributed by atoms with Crippen LogP contribution in [0.5, 0.6) is 0 Å². The number of amides is 1. The van der Waals surface area contributed by atoms with E-state index in [2.05, 4.69) is 17.4 Å². The number of anilines is 1. The van der Waals surface area contributed by atoms with Gasteiger partial charge in [0.25, 0.3) is 0 Å². The molecule has 1 heterocycles. The van der Waals surface area contributed by atoms with Crippen LogP contribution in [0.25, 0.3) is 10.8 Å². The minimum Gasteiger partial charge on any atom is -0.325 e. The lowest BCUT2D eigenvalue weighted by molar-refractivity contribution is -0.116. The Morgan fingerprint density at radius 1 is 0.913 bits per heavy atom. The van der Waals surface area contributed by atoms with E-state index >= 15 is 0 Å². The van der Waals surface area contributed by atoms with Crippen molar-refractivity contribution in [3.05, 3.63) is 75.8 Å². The largest absolute Gasteiger partial charge is 0.325 e. The highest BCUT2D eigenvalue weighted by molar-refractivity contribution is 6.36. The normalized spacial score (nSPS) is 17.0. The maximum atomic E-state index is 12.3. The van der Waals surface area contributed by atoms with E-state index in [1.807, 2.05) is 42.5 Å². The Morgan fingerprint density at radius 3 is 2.43 bits per heavy atom. The minimum absolute atomic E-state index is 0.0187. The molecule has 3 aromatic carbocycles. The molecule has 23 heavy (non-hydrogen) atoms. The van der Waals surface area contributed by atoms with E-state index < -0.39 is 0 Å². The number of carbonyl (C=O) groups excluding carboxylic acids is 1. The highest BCUT2D eigenvalue weighted by Gasteiger charge is 2.30. The average Bonchev–Trinajstić information content (AvgIpc) is 2.54. The molecule has 0 spiro atoms. The fourth-order valence-corrected chi connectivity index (χ4v) is 3.97. The van der Waals surface area contributed by atoms with Crippen LogP contribution >= 0.6 is 23.2 Å². The summed E-state index contributed by atoms with van der Waals surface area (Å²) in [6.45, 7) is 0. The number of rotatable bonds is 1. The van der Waals surface area contributed by atoms with Gasteiger partial charge in [-0.1, -0.05) is 65.7 Å². The third kappa shape index (κ3) is 2.39. The Kier molecular flexibility index (Phi) is 3.51. The molecule has 0 aromatic heterocycles. The van der Waals surface area contributed by atoms with E-state index in [0.29, 0.717) is 16.5 Å². The molecule has 1 atom stereocenters. The summed E-state index contributed by atoms with van der Waals surface area (Å²) in [6.07, 6.45) is 0.342. The van der Waals surface area contributed by atoms with E-state index in [1.54, 1.807) is 0 Å². The maximum absolute atomic E-state index is 12.3. The van der Waals surface area contributed by atoms with Gasteiger partial charge in [-0.05, 0) is 28.6 Å². The Balaban J connectivity index is 1.99. The van der Waals surface area contributed by atoms with Gasteiger partial charge in [-0.25, -0.2) is 0 Å². The first-order chi connectivity index (χ1) is 11.1. The Bertz CT molecular complexity index is 916. The van der Waals surface area contributed by atoms with Gasteiger partial charge in [0.05, 0.1) is 5.69 Å². The summed E-state index contributed by atoms with van der Waals surface area (Å²) in [5.74, 6) is -0.153. The summed E-state index contributed by atoms with van der Waals surface area (Å²) in [7, 11) is 0. The van der Waals surface area contributed by atoms with Crippen LogP contribution in [-0.4, -0.2) is 5.91 Å². The maximum Gasteiger partial charge on any atom is 0.225 e. The Labute approximate surface area is 144 Å². The van der Waals surface area contributed by atoms with Crippen LogP contribution < -0.4 is 5.32 Å². The SMILES string of the molecule is O=C1C[C@H](c2c(Cl)cccc2Cl)c2ccc3ccccc3c2N1. The predicted octanol–water partition coefficient (Wildman–Crippen LogP) is 5.62. The van der Waals surface area contributed by atoms with Crippen molar-refractivity contribution in [3.8, 4) is 0 Å². The predicted molar refractivity (Wildman–Crippen MR) is 95.5 cm³/mol. The van der Waals surface area contributed by atoms with Gasteiger partial charge < -0.3 is 5.32 Å². The molecule has 4 rings (SSSR count). The highest BCUT2D eigenvalue weighted by Crippen LogP contribution is 2.44. The van der Waals surface area contributed by atoms with Crippen LogP contribution in [0, 0.1) is 0 Å². The van der Waals surface area contributed by atoms with Gasteiger partial charge in [0.1, 0.15) is 0 Å². The van der Waals surface area contributed by atoms with Gasteiger partial charge in [0, 0.05) is 27.8 Å². The van der Waals surface area contributed by atoms with Crippen molar-refractivity contribution in [3.63, 3.8) is 0 Å². The Hall–Kier alpha value is -2.03. The second-order valence-electron chi connectivity index (χ2n) is 5.69. The number of fused-ring (bicyclic) bond motifs is 3. The van der Waals surface area contributed by atoms with E-state index in [1.165, 1.54) is 0 Å². The summed E-state index contributed by atoms with van der Waals surface area (Å²) < 4.78 is 0. The van der Waals surface area contributed by atoms with Gasteiger partial charge in [0.15, 0.2) is 0 Å². The topological polar surface area (TPSA) is 29.1 Å². The summed E-state index contributed by atoms with van der Waals surface area (Å²) in [5.41, 5.74) is 2.74. The van der Waals surface area contributed by atoms with Crippen molar-refractivity contribution in [1.82, 2.24) is 0 Å².